The Morgan fingerprint density at radius 1 is 1.32 bits per heavy atom. The minimum atomic E-state index is -0.489. The van der Waals surface area contributed by atoms with Crippen molar-refractivity contribution in [1.29, 1.82) is 0 Å². The van der Waals surface area contributed by atoms with Gasteiger partial charge in [0.15, 0.2) is 0 Å². The van der Waals surface area contributed by atoms with Crippen LogP contribution in [0.2, 0.25) is 0 Å². The maximum Gasteiger partial charge on any atom is 0.129 e. The van der Waals surface area contributed by atoms with Crippen molar-refractivity contribution in [1.82, 2.24) is 5.32 Å². The molecule has 1 atom stereocenters. The van der Waals surface area contributed by atoms with Gasteiger partial charge in [0.1, 0.15) is 11.6 Å². The molecule has 3 heteroatoms. The Hall–Kier alpha value is -1.22. The fourth-order valence-corrected chi connectivity index (χ4v) is 1.96. The Balaban J connectivity index is 2.77. The number of benzene rings is 1. The molecule has 1 N–H and O–H groups in total. The summed E-state index contributed by atoms with van der Waals surface area (Å²) >= 11 is 0. The number of nitrogens with one attached hydrogen (secondary N) is 1. The molecule has 0 bridgehead atoms. The van der Waals surface area contributed by atoms with Gasteiger partial charge in [0.05, 0.1) is 0 Å². The van der Waals surface area contributed by atoms with Crippen molar-refractivity contribution in [2.45, 2.75) is 27.2 Å². The lowest BCUT2D eigenvalue weighted by Gasteiger charge is -2.27. The summed E-state index contributed by atoms with van der Waals surface area (Å²) in [5.41, 5.74) is -0.228. The van der Waals surface area contributed by atoms with E-state index >= 15 is 0 Å². The van der Waals surface area contributed by atoms with Crippen molar-refractivity contribution < 1.29 is 8.78 Å². The van der Waals surface area contributed by atoms with Gasteiger partial charge in [0, 0.05) is 17.5 Å². The first-order valence-corrected chi connectivity index (χ1v) is 6.65. The van der Waals surface area contributed by atoms with Crippen molar-refractivity contribution in [3.8, 4) is 0 Å². The zero-order valence-corrected chi connectivity index (χ0v) is 12.0. The van der Waals surface area contributed by atoms with Gasteiger partial charge in [-0.15, -0.1) is 6.58 Å². The van der Waals surface area contributed by atoms with E-state index in [0.717, 1.165) is 6.54 Å². The summed E-state index contributed by atoms with van der Waals surface area (Å²) < 4.78 is 27.3. The summed E-state index contributed by atoms with van der Waals surface area (Å²) in [6, 6.07) is 3.98. The molecule has 0 spiro atoms. The smallest absolute Gasteiger partial charge is 0.129 e. The van der Waals surface area contributed by atoms with Crippen LogP contribution in [0.3, 0.4) is 0 Å². The molecule has 0 radical (unpaired) electrons. The summed E-state index contributed by atoms with van der Waals surface area (Å²) in [7, 11) is 0. The zero-order chi connectivity index (χ0) is 14.5. The van der Waals surface area contributed by atoms with Crippen LogP contribution < -0.4 is 5.32 Å². The molecule has 1 unspecified atom stereocenters. The van der Waals surface area contributed by atoms with Crippen molar-refractivity contribution >= 4 is 0 Å². The molecule has 0 amide bonds. The molecule has 1 nitrogen and oxygen atoms in total. The lowest BCUT2D eigenvalue weighted by molar-refractivity contribution is 0.366. The summed E-state index contributed by atoms with van der Waals surface area (Å²) in [5, 5.41) is 3.32. The molecule has 106 valence electrons. The van der Waals surface area contributed by atoms with Crippen LogP contribution in [0.25, 0.3) is 0 Å². The van der Waals surface area contributed by atoms with E-state index in [2.05, 4.69) is 25.7 Å². The van der Waals surface area contributed by atoms with E-state index in [0.29, 0.717) is 18.9 Å². The minimum Gasteiger partial charge on any atom is -0.316 e. The van der Waals surface area contributed by atoms with Crippen LogP contribution in [0.4, 0.5) is 8.78 Å². The van der Waals surface area contributed by atoms with Crippen molar-refractivity contribution in [2.24, 2.45) is 11.3 Å². The highest BCUT2D eigenvalue weighted by Gasteiger charge is 2.24. The highest BCUT2D eigenvalue weighted by atomic mass is 19.1. The summed E-state index contributed by atoms with van der Waals surface area (Å²) in [5.74, 6) is -0.437. The highest BCUT2D eigenvalue weighted by molar-refractivity contribution is 5.22. The van der Waals surface area contributed by atoms with Crippen molar-refractivity contribution in [3.05, 3.63) is 48.1 Å². The third-order valence-corrected chi connectivity index (χ3v) is 3.22. The molecule has 0 aliphatic rings. The van der Waals surface area contributed by atoms with Gasteiger partial charge < -0.3 is 5.32 Å². The molecule has 0 saturated heterocycles. The van der Waals surface area contributed by atoms with Crippen LogP contribution in [-0.2, 0) is 6.42 Å². The van der Waals surface area contributed by atoms with Crippen molar-refractivity contribution in [3.63, 3.8) is 0 Å². The number of hydrogen-bond acceptors (Lipinski definition) is 1. The van der Waals surface area contributed by atoms with Crippen molar-refractivity contribution in [2.75, 3.05) is 13.1 Å². The van der Waals surface area contributed by atoms with Gasteiger partial charge in [0.2, 0.25) is 0 Å². The molecule has 19 heavy (non-hydrogen) atoms. The average molecular weight is 267 g/mol. The average Bonchev–Trinajstić information content (AvgIpc) is 2.34. The van der Waals surface area contributed by atoms with Crippen LogP contribution in [0.5, 0.6) is 0 Å². The Morgan fingerprint density at radius 2 is 1.89 bits per heavy atom. The van der Waals surface area contributed by atoms with Crippen LogP contribution >= 0.6 is 0 Å². The Bertz CT molecular complexity index is 409. The highest BCUT2D eigenvalue weighted by Crippen LogP contribution is 2.26. The zero-order valence-electron chi connectivity index (χ0n) is 12.0. The fraction of sp³-hybridized carbons (Fsp3) is 0.500. The predicted octanol–water partition coefficient (Wildman–Crippen LogP) is 3.95. The molecule has 0 saturated carbocycles. The third kappa shape index (κ3) is 4.75. The van der Waals surface area contributed by atoms with Gasteiger partial charge in [-0.25, -0.2) is 8.78 Å². The van der Waals surface area contributed by atoms with Gasteiger partial charge in [-0.3, -0.25) is 0 Å². The fourth-order valence-electron chi connectivity index (χ4n) is 1.96. The van der Waals surface area contributed by atoms with Crippen LogP contribution in [0.15, 0.2) is 30.9 Å². The first kappa shape index (κ1) is 15.8. The second kappa shape index (κ2) is 6.80. The van der Waals surface area contributed by atoms with E-state index in [1.807, 2.05) is 6.92 Å². The largest absolute Gasteiger partial charge is 0.316 e. The lowest BCUT2D eigenvalue weighted by atomic mass is 9.83. The van der Waals surface area contributed by atoms with E-state index in [-0.39, 0.29) is 11.0 Å². The quantitative estimate of drug-likeness (QED) is 0.738. The van der Waals surface area contributed by atoms with E-state index in [9.17, 15) is 8.78 Å². The summed E-state index contributed by atoms with van der Waals surface area (Å²) in [6.45, 7) is 11.5. The first-order valence-electron chi connectivity index (χ1n) is 6.65. The van der Waals surface area contributed by atoms with E-state index in [1.165, 1.54) is 18.2 Å². The first-order chi connectivity index (χ1) is 8.88. The number of rotatable bonds is 7. The van der Waals surface area contributed by atoms with Crippen LogP contribution in [0, 0.1) is 23.0 Å². The summed E-state index contributed by atoms with van der Waals surface area (Å²) in [6.07, 6.45) is 2.08. The maximum atomic E-state index is 13.7. The topological polar surface area (TPSA) is 12.0 Å². The second-order valence-electron chi connectivity index (χ2n) is 5.76. The molecule has 1 aromatic carbocycles. The molecular formula is C16H23F2N. The molecule has 0 aliphatic carbocycles. The van der Waals surface area contributed by atoms with E-state index in [4.69, 9.17) is 0 Å². The van der Waals surface area contributed by atoms with Crippen LogP contribution in [0.1, 0.15) is 26.3 Å². The lowest BCUT2D eigenvalue weighted by Crippen LogP contribution is -2.34. The van der Waals surface area contributed by atoms with Crippen LogP contribution in [-0.4, -0.2) is 13.1 Å². The predicted molar refractivity (Wildman–Crippen MR) is 76.1 cm³/mol. The Labute approximate surface area is 114 Å². The maximum absolute atomic E-state index is 13.7. The second-order valence-corrected chi connectivity index (χ2v) is 5.76. The van der Waals surface area contributed by atoms with Gasteiger partial charge >= 0.3 is 0 Å². The monoisotopic (exact) mass is 267 g/mol. The van der Waals surface area contributed by atoms with Gasteiger partial charge in [-0.05, 0) is 31.0 Å². The Morgan fingerprint density at radius 3 is 2.37 bits per heavy atom. The van der Waals surface area contributed by atoms with Gasteiger partial charge in [-0.1, -0.05) is 32.9 Å². The normalized spacial score (nSPS) is 14.4. The minimum absolute atomic E-state index is 0.135. The molecular weight excluding hydrogens is 244 g/mol. The number of halogens is 2. The molecule has 0 aliphatic heterocycles. The third-order valence-electron chi connectivity index (χ3n) is 3.22. The standard InChI is InChI=1S/C16H23F2N/c1-5-16(4,11-19-10-12(2)3)9-13-14(17)7-6-8-15(13)18/h5-8,12,19H,1,9-11H2,2-4H3. The molecule has 0 aromatic heterocycles. The van der Waals surface area contributed by atoms with E-state index in [1.54, 1.807) is 6.08 Å². The summed E-state index contributed by atoms with van der Waals surface area (Å²) in [4.78, 5) is 0. The van der Waals surface area contributed by atoms with Gasteiger partial charge in [-0.2, -0.15) is 0 Å². The Kier molecular flexibility index (Phi) is 5.67. The molecule has 1 rings (SSSR count). The van der Waals surface area contributed by atoms with Gasteiger partial charge in [0.25, 0.3) is 0 Å². The van der Waals surface area contributed by atoms with E-state index < -0.39 is 11.6 Å². The molecule has 1 aromatic rings. The number of hydrogen-bond donors (Lipinski definition) is 1. The SMILES string of the molecule is C=CC(C)(CNCC(C)C)Cc1c(F)cccc1F. The molecule has 0 fully saturated rings. The molecule has 0 heterocycles.